The van der Waals surface area contributed by atoms with E-state index in [0.717, 1.165) is 12.8 Å². The molecule has 1 aromatic carbocycles. The van der Waals surface area contributed by atoms with E-state index < -0.39 is 0 Å². The largest absolute Gasteiger partial charge is 0.369 e. The van der Waals surface area contributed by atoms with Gasteiger partial charge in [0.15, 0.2) is 5.96 Å². The summed E-state index contributed by atoms with van der Waals surface area (Å²) in [5.74, 6) is 0.174. The summed E-state index contributed by atoms with van der Waals surface area (Å²) in [7, 11) is 0. The van der Waals surface area contributed by atoms with Gasteiger partial charge in [0.05, 0.1) is 17.8 Å². The van der Waals surface area contributed by atoms with Crippen molar-refractivity contribution in [1.82, 2.24) is 0 Å². The van der Waals surface area contributed by atoms with Crippen molar-refractivity contribution in [2.24, 2.45) is 10.7 Å². The molecule has 0 aromatic heterocycles. The minimum Gasteiger partial charge on any atom is -0.369 e. The van der Waals surface area contributed by atoms with Crippen molar-refractivity contribution in [3.8, 4) is 0 Å². The molecule has 104 valence electrons. The molecule has 0 amide bonds. The molecular formula is C15H22FN3. The average molecular weight is 263 g/mol. The topological polar surface area (TPSA) is 41.6 Å². The van der Waals surface area contributed by atoms with Gasteiger partial charge in [-0.15, -0.1) is 0 Å². The minimum absolute atomic E-state index is 0.207. The zero-order valence-electron chi connectivity index (χ0n) is 11.7. The van der Waals surface area contributed by atoms with Crippen LogP contribution < -0.4 is 10.6 Å². The van der Waals surface area contributed by atoms with Gasteiger partial charge in [-0.2, -0.15) is 0 Å². The normalized spacial score (nSPS) is 22.7. The highest BCUT2D eigenvalue weighted by Gasteiger charge is 2.39. The number of hydrogen-bond acceptors (Lipinski definition) is 3. The molecular weight excluding hydrogens is 241 g/mol. The first-order chi connectivity index (χ1) is 9.08. The molecule has 2 rings (SSSR count). The highest BCUT2D eigenvalue weighted by molar-refractivity contribution is 5.98. The van der Waals surface area contributed by atoms with Gasteiger partial charge in [0.1, 0.15) is 5.82 Å². The second kappa shape index (κ2) is 5.59. The van der Waals surface area contributed by atoms with Gasteiger partial charge in [-0.1, -0.05) is 38.3 Å². The SMILES string of the molecule is CCCCCC1(C)CN=C(N)N1c1ccccc1F. The Morgan fingerprint density at radius 2 is 2.11 bits per heavy atom. The van der Waals surface area contributed by atoms with Gasteiger partial charge in [-0.3, -0.25) is 4.99 Å². The molecule has 0 saturated carbocycles. The molecule has 2 N–H and O–H groups in total. The third kappa shape index (κ3) is 2.72. The van der Waals surface area contributed by atoms with Crippen LogP contribution in [0.1, 0.15) is 39.5 Å². The quantitative estimate of drug-likeness (QED) is 0.828. The second-order valence-electron chi connectivity index (χ2n) is 5.42. The summed E-state index contributed by atoms with van der Waals surface area (Å²) in [5.41, 5.74) is 6.29. The Hall–Kier alpha value is -1.58. The zero-order chi connectivity index (χ0) is 13.9. The van der Waals surface area contributed by atoms with E-state index >= 15 is 0 Å². The molecule has 0 aliphatic carbocycles. The van der Waals surface area contributed by atoms with Crippen LogP contribution in [0.5, 0.6) is 0 Å². The fraction of sp³-hybridized carbons (Fsp3) is 0.533. The van der Waals surface area contributed by atoms with E-state index in [4.69, 9.17) is 5.73 Å². The van der Waals surface area contributed by atoms with Gasteiger partial charge >= 0.3 is 0 Å². The van der Waals surface area contributed by atoms with Crippen molar-refractivity contribution in [2.75, 3.05) is 11.4 Å². The Labute approximate surface area is 114 Å². The molecule has 0 spiro atoms. The predicted octanol–water partition coefficient (Wildman–Crippen LogP) is 3.30. The third-order valence-corrected chi connectivity index (χ3v) is 3.76. The Morgan fingerprint density at radius 1 is 1.37 bits per heavy atom. The summed E-state index contributed by atoms with van der Waals surface area (Å²) in [6, 6.07) is 6.75. The average Bonchev–Trinajstić information content (AvgIpc) is 2.67. The monoisotopic (exact) mass is 263 g/mol. The molecule has 3 nitrogen and oxygen atoms in total. The summed E-state index contributed by atoms with van der Waals surface area (Å²) in [6.45, 7) is 4.92. The Bertz CT molecular complexity index is 472. The molecule has 1 unspecified atom stereocenters. The van der Waals surface area contributed by atoms with Gasteiger partial charge in [-0.05, 0) is 25.5 Å². The van der Waals surface area contributed by atoms with Gasteiger partial charge in [0, 0.05) is 0 Å². The van der Waals surface area contributed by atoms with Crippen LogP contribution in [0.2, 0.25) is 0 Å². The molecule has 0 saturated heterocycles. The van der Waals surface area contributed by atoms with E-state index in [0.29, 0.717) is 18.2 Å². The number of guanidine groups is 1. The number of rotatable bonds is 5. The van der Waals surface area contributed by atoms with Crippen LogP contribution in [0.3, 0.4) is 0 Å². The van der Waals surface area contributed by atoms with Crippen LogP contribution in [0, 0.1) is 5.82 Å². The molecule has 0 bridgehead atoms. The van der Waals surface area contributed by atoms with Crippen molar-refractivity contribution in [1.29, 1.82) is 0 Å². The van der Waals surface area contributed by atoms with E-state index in [-0.39, 0.29) is 11.4 Å². The first kappa shape index (κ1) is 13.8. The number of anilines is 1. The maximum Gasteiger partial charge on any atom is 0.196 e. The Morgan fingerprint density at radius 3 is 2.79 bits per heavy atom. The van der Waals surface area contributed by atoms with E-state index in [2.05, 4.69) is 18.8 Å². The summed E-state index contributed by atoms with van der Waals surface area (Å²) in [5, 5.41) is 0. The van der Waals surface area contributed by atoms with Crippen LogP contribution in [0.15, 0.2) is 29.3 Å². The smallest absolute Gasteiger partial charge is 0.196 e. The number of nitrogens with two attached hydrogens (primary N) is 1. The van der Waals surface area contributed by atoms with Crippen molar-refractivity contribution in [3.05, 3.63) is 30.1 Å². The lowest BCUT2D eigenvalue weighted by Crippen LogP contribution is -2.50. The highest BCUT2D eigenvalue weighted by atomic mass is 19.1. The van der Waals surface area contributed by atoms with Crippen molar-refractivity contribution in [2.45, 2.75) is 45.1 Å². The van der Waals surface area contributed by atoms with Crippen LogP contribution in [0.25, 0.3) is 0 Å². The maximum atomic E-state index is 14.0. The van der Waals surface area contributed by atoms with Gasteiger partial charge in [-0.25, -0.2) is 4.39 Å². The predicted molar refractivity (Wildman–Crippen MR) is 77.9 cm³/mol. The number of unbranched alkanes of at least 4 members (excludes halogenated alkanes) is 2. The number of benzene rings is 1. The van der Waals surface area contributed by atoms with E-state index in [1.165, 1.54) is 18.9 Å². The van der Waals surface area contributed by atoms with Crippen LogP contribution in [-0.4, -0.2) is 18.0 Å². The molecule has 0 fully saturated rings. The molecule has 1 heterocycles. The maximum absolute atomic E-state index is 14.0. The number of halogens is 1. The molecule has 19 heavy (non-hydrogen) atoms. The lowest BCUT2D eigenvalue weighted by atomic mass is 9.93. The molecule has 4 heteroatoms. The summed E-state index contributed by atoms with van der Waals surface area (Å²) in [4.78, 5) is 6.18. The molecule has 0 radical (unpaired) electrons. The first-order valence-electron chi connectivity index (χ1n) is 6.93. The number of nitrogens with zero attached hydrogens (tertiary/aromatic N) is 2. The first-order valence-corrected chi connectivity index (χ1v) is 6.93. The van der Waals surface area contributed by atoms with E-state index in [1.54, 1.807) is 12.1 Å². The van der Waals surface area contributed by atoms with Crippen molar-refractivity contribution in [3.63, 3.8) is 0 Å². The van der Waals surface area contributed by atoms with E-state index in [9.17, 15) is 4.39 Å². The van der Waals surface area contributed by atoms with Gasteiger partial charge in [0.25, 0.3) is 0 Å². The van der Waals surface area contributed by atoms with Gasteiger partial charge in [0.2, 0.25) is 0 Å². The van der Waals surface area contributed by atoms with Crippen molar-refractivity contribution < 1.29 is 4.39 Å². The van der Waals surface area contributed by atoms with Gasteiger partial charge < -0.3 is 10.6 Å². The standard InChI is InChI=1S/C15H22FN3/c1-3-4-7-10-15(2)11-18-14(17)19(15)13-9-6-5-8-12(13)16/h5-6,8-9H,3-4,7,10-11H2,1-2H3,(H2,17,18). The van der Waals surface area contributed by atoms with E-state index in [1.807, 2.05) is 11.0 Å². The summed E-state index contributed by atoms with van der Waals surface area (Å²) in [6.07, 6.45) is 4.44. The molecule has 1 aromatic rings. The zero-order valence-corrected chi connectivity index (χ0v) is 11.7. The Balaban J connectivity index is 2.24. The van der Waals surface area contributed by atoms with Crippen LogP contribution >= 0.6 is 0 Å². The van der Waals surface area contributed by atoms with Crippen LogP contribution in [-0.2, 0) is 0 Å². The number of aliphatic imine (C=N–C) groups is 1. The molecule has 1 aliphatic rings. The second-order valence-corrected chi connectivity index (χ2v) is 5.42. The highest BCUT2D eigenvalue weighted by Crippen LogP contribution is 2.33. The van der Waals surface area contributed by atoms with Crippen LogP contribution in [0.4, 0.5) is 10.1 Å². The third-order valence-electron chi connectivity index (χ3n) is 3.76. The number of para-hydroxylation sites is 1. The fourth-order valence-electron chi connectivity index (χ4n) is 2.66. The number of hydrogen-bond donors (Lipinski definition) is 1. The lowest BCUT2D eigenvalue weighted by Gasteiger charge is -2.36. The molecule has 1 aliphatic heterocycles. The lowest BCUT2D eigenvalue weighted by molar-refractivity contribution is 0.434. The molecule has 1 atom stereocenters. The summed E-state index contributed by atoms with van der Waals surface area (Å²) >= 11 is 0. The summed E-state index contributed by atoms with van der Waals surface area (Å²) < 4.78 is 14.0. The minimum atomic E-state index is -0.246. The van der Waals surface area contributed by atoms with Crippen molar-refractivity contribution >= 4 is 11.6 Å². The fourth-order valence-corrected chi connectivity index (χ4v) is 2.66. The Kier molecular flexibility index (Phi) is 4.08.